The summed E-state index contributed by atoms with van der Waals surface area (Å²) in [7, 11) is 0. The van der Waals surface area contributed by atoms with Crippen molar-refractivity contribution in [1.29, 1.82) is 0 Å². The molecule has 3 amide bonds. The Hall–Kier alpha value is -2.18. The van der Waals surface area contributed by atoms with Gasteiger partial charge in [0.1, 0.15) is 0 Å². The van der Waals surface area contributed by atoms with Gasteiger partial charge in [-0.25, -0.2) is 13.6 Å². The molecule has 1 aliphatic carbocycles. The van der Waals surface area contributed by atoms with Crippen LogP contribution in [0.4, 0.5) is 19.3 Å². The molecule has 0 aromatic heterocycles. The van der Waals surface area contributed by atoms with Crippen LogP contribution in [0, 0.1) is 0 Å². The quantitative estimate of drug-likeness (QED) is 0.844. The number of amides is 3. The van der Waals surface area contributed by atoms with E-state index in [-0.39, 0.29) is 18.1 Å². The molecule has 7 heteroatoms. The SMILES string of the molecule is CC(C)NC(=O)Nc1cccc(C(=O)N(CC(F)F)C2CC2)c1. The van der Waals surface area contributed by atoms with Crippen molar-refractivity contribution in [1.82, 2.24) is 10.2 Å². The van der Waals surface area contributed by atoms with E-state index < -0.39 is 18.9 Å². The van der Waals surface area contributed by atoms with Gasteiger partial charge in [-0.3, -0.25) is 4.79 Å². The lowest BCUT2D eigenvalue weighted by Crippen LogP contribution is -2.37. The number of urea groups is 1. The van der Waals surface area contributed by atoms with Crippen LogP contribution in [0.25, 0.3) is 0 Å². The van der Waals surface area contributed by atoms with Gasteiger partial charge in [-0.05, 0) is 44.9 Å². The van der Waals surface area contributed by atoms with Crippen molar-refractivity contribution in [2.75, 3.05) is 11.9 Å². The van der Waals surface area contributed by atoms with Crippen LogP contribution in [-0.2, 0) is 0 Å². The van der Waals surface area contributed by atoms with E-state index in [1.165, 1.54) is 11.0 Å². The van der Waals surface area contributed by atoms with Gasteiger partial charge in [-0.1, -0.05) is 6.07 Å². The van der Waals surface area contributed by atoms with Crippen molar-refractivity contribution in [2.45, 2.75) is 45.2 Å². The smallest absolute Gasteiger partial charge is 0.319 e. The number of benzene rings is 1. The number of nitrogens with zero attached hydrogens (tertiary/aromatic N) is 1. The fourth-order valence-electron chi connectivity index (χ4n) is 2.26. The molecule has 0 radical (unpaired) electrons. The third kappa shape index (κ3) is 5.19. The predicted molar refractivity (Wildman–Crippen MR) is 83.8 cm³/mol. The van der Waals surface area contributed by atoms with E-state index in [1.807, 2.05) is 13.8 Å². The number of nitrogens with one attached hydrogen (secondary N) is 2. The summed E-state index contributed by atoms with van der Waals surface area (Å²) in [4.78, 5) is 25.3. The van der Waals surface area contributed by atoms with Gasteiger partial charge in [0.25, 0.3) is 12.3 Å². The molecule has 1 aromatic rings. The number of anilines is 1. The molecule has 0 bridgehead atoms. The Bertz CT molecular complexity index is 574. The average Bonchev–Trinajstić information content (AvgIpc) is 3.27. The largest absolute Gasteiger partial charge is 0.336 e. The predicted octanol–water partition coefficient (Wildman–Crippen LogP) is 3.09. The third-order valence-corrected chi connectivity index (χ3v) is 3.37. The van der Waals surface area contributed by atoms with E-state index in [2.05, 4.69) is 10.6 Å². The topological polar surface area (TPSA) is 61.4 Å². The standard InChI is InChI=1S/C16H21F2N3O2/c1-10(2)19-16(23)20-12-5-3-4-11(8-12)15(22)21(9-14(17)18)13-6-7-13/h3-5,8,10,13-14H,6-7,9H2,1-2H3,(H2,19,20,23). The van der Waals surface area contributed by atoms with E-state index in [4.69, 9.17) is 0 Å². The third-order valence-electron chi connectivity index (χ3n) is 3.37. The van der Waals surface area contributed by atoms with Crippen LogP contribution in [0.5, 0.6) is 0 Å². The number of carbonyl (C=O) groups excluding carboxylic acids is 2. The average molecular weight is 325 g/mol. The summed E-state index contributed by atoms with van der Waals surface area (Å²) in [6, 6.07) is 5.83. The molecule has 0 atom stereocenters. The number of hydrogen-bond acceptors (Lipinski definition) is 2. The van der Waals surface area contributed by atoms with Crippen LogP contribution in [0.15, 0.2) is 24.3 Å². The van der Waals surface area contributed by atoms with Crippen LogP contribution in [0.1, 0.15) is 37.0 Å². The molecule has 1 aliphatic rings. The molecule has 0 spiro atoms. The Morgan fingerprint density at radius 3 is 2.57 bits per heavy atom. The summed E-state index contributed by atoms with van der Waals surface area (Å²) in [6.45, 7) is 3.10. The molecule has 0 aliphatic heterocycles. The highest BCUT2D eigenvalue weighted by Gasteiger charge is 2.34. The molecule has 2 rings (SSSR count). The maximum atomic E-state index is 12.7. The number of rotatable bonds is 6. The first-order valence-corrected chi connectivity index (χ1v) is 7.63. The molecule has 1 fully saturated rings. The van der Waals surface area contributed by atoms with Crippen LogP contribution < -0.4 is 10.6 Å². The van der Waals surface area contributed by atoms with Gasteiger partial charge in [-0.2, -0.15) is 0 Å². The highest BCUT2D eigenvalue weighted by Crippen LogP contribution is 2.29. The summed E-state index contributed by atoms with van der Waals surface area (Å²) in [5, 5.41) is 5.30. The van der Waals surface area contributed by atoms with Crippen LogP contribution in [-0.4, -0.2) is 41.9 Å². The molecule has 5 nitrogen and oxygen atoms in total. The van der Waals surface area contributed by atoms with E-state index in [1.54, 1.807) is 18.2 Å². The zero-order valence-corrected chi connectivity index (χ0v) is 13.2. The summed E-state index contributed by atoms with van der Waals surface area (Å²) < 4.78 is 25.3. The van der Waals surface area contributed by atoms with E-state index in [9.17, 15) is 18.4 Å². The molecule has 0 saturated heterocycles. The van der Waals surface area contributed by atoms with E-state index in [0.717, 1.165) is 12.8 Å². The molecule has 126 valence electrons. The van der Waals surface area contributed by atoms with Crippen molar-refractivity contribution >= 4 is 17.6 Å². The maximum absolute atomic E-state index is 12.7. The fourth-order valence-corrected chi connectivity index (χ4v) is 2.26. The van der Waals surface area contributed by atoms with Gasteiger partial charge in [-0.15, -0.1) is 0 Å². The zero-order chi connectivity index (χ0) is 17.0. The monoisotopic (exact) mass is 325 g/mol. The first-order chi connectivity index (χ1) is 10.9. The second kappa shape index (κ2) is 7.39. The lowest BCUT2D eigenvalue weighted by molar-refractivity contribution is 0.0534. The fraction of sp³-hybridized carbons (Fsp3) is 0.500. The molecule has 1 saturated carbocycles. The Morgan fingerprint density at radius 1 is 1.30 bits per heavy atom. The van der Waals surface area contributed by atoms with Gasteiger partial charge < -0.3 is 15.5 Å². The molecule has 0 unspecified atom stereocenters. The van der Waals surface area contributed by atoms with Crippen LogP contribution in [0.3, 0.4) is 0 Å². The second-order valence-corrected chi connectivity index (χ2v) is 5.91. The van der Waals surface area contributed by atoms with Crippen molar-refractivity contribution in [3.05, 3.63) is 29.8 Å². The molecular weight excluding hydrogens is 304 g/mol. The van der Waals surface area contributed by atoms with Crippen molar-refractivity contribution in [3.8, 4) is 0 Å². The minimum Gasteiger partial charge on any atom is -0.336 e. The van der Waals surface area contributed by atoms with E-state index >= 15 is 0 Å². The minimum absolute atomic E-state index is 0.0174. The second-order valence-electron chi connectivity index (χ2n) is 5.91. The molecule has 1 aromatic carbocycles. The number of alkyl halides is 2. The number of carbonyl (C=O) groups is 2. The normalized spacial score (nSPS) is 14.0. The molecule has 23 heavy (non-hydrogen) atoms. The lowest BCUT2D eigenvalue weighted by Gasteiger charge is -2.22. The highest BCUT2D eigenvalue weighted by atomic mass is 19.3. The Kier molecular flexibility index (Phi) is 5.52. The minimum atomic E-state index is -2.56. The van der Waals surface area contributed by atoms with Gasteiger partial charge in [0.05, 0.1) is 6.54 Å². The molecular formula is C16H21F2N3O2. The summed E-state index contributed by atoms with van der Waals surface area (Å²) in [6.07, 6.45) is -1.04. The number of hydrogen-bond donors (Lipinski definition) is 2. The van der Waals surface area contributed by atoms with Gasteiger partial charge in [0, 0.05) is 23.3 Å². The van der Waals surface area contributed by atoms with Gasteiger partial charge in [0.2, 0.25) is 0 Å². The van der Waals surface area contributed by atoms with Crippen molar-refractivity contribution < 1.29 is 18.4 Å². The van der Waals surface area contributed by atoms with Crippen LogP contribution in [0.2, 0.25) is 0 Å². The number of halogens is 2. The van der Waals surface area contributed by atoms with Gasteiger partial charge >= 0.3 is 6.03 Å². The lowest BCUT2D eigenvalue weighted by atomic mass is 10.1. The Morgan fingerprint density at radius 2 is 2.00 bits per heavy atom. The maximum Gasteiger partial charge on any atom is 0.319 e. The highest BCUT2D eigenvalue weighted by molar-refractivity contribution is 5.97. The Balaban J connectivity index is 2.08. The first-order valence-electron chi connectivity index (χ1n) is 7.63. The Labute approximate surface area is 134 Å². The van der Waals surface area contributed by atoms with Crippen LogP contribution >= 0.6 is 0 Å². The zero-order valence-electron chi connectivity index (χ0n) is 13.2. The van der Waals surface area contributed by atoms with E-state index in [0.29, 0.717) is 11.3 Å². The summed E-state index contributed by atoms with van der Waals surface area (Å²) in [5.74, 6) is -0.430. The molecule has 2 N–H and O–H groups in total. The van der Waals surface area contributed by atoms with Crippen molar-refractivity contribution in [3.63, 3.8) is 0 Å². The summed E-state index contributed by atoms with van der Waals surface area (Å²) >= 11 is 0. The van der Waals surface area contributed by atoms with Gasteiger partial charge in [0.15, 0.2) is 0 Å². The summed E-state index contributed by atoms with van der Waals surface area (Å²) in [5.41, 5.74) is 0.738. The first kappa shape index (κ1) is 17.2. The molecule has 0 heterocycles. The van der Waals surface area contributed by atoms with Crippen molar-refractivity contribution in [2.24, 2.45) is 0 Å².